The van der Waals surface area contributed by atoms with Crippen molar-refractivity contribution >= 4 is 0 Å². The average molecular weight is 279 g/mol. The summed E-state index contributed by atoms with van der Waals surface area (Å²) in [6, 6.07) is 7.45. The number of ether oxygens (including phenoxy) is 2. The van der Waals surface area contributed by atoms with Crippen LogP contribution >= 0.6 is 0 Å². The van der Waals surface area contributed by atoms with Crippen LogP contribution in [0.4, 0.5) is 4.39 Å². The molecule has 1 saturated heterocycles. The molecule has 0 radical (unpaired) electrons. The highest BCUT2D eigenvalue weighted by Gasteiger charge is 2.40. The summed E-state index contributed by atoms with van der Waals surface area (Å²) >= 11 is 0. The van der Waals surface area contributed by atoms with E-state index in [1.807, 2.05) is 12.1 Å². The van der Waals surface area contributed by atoms with E-state index in [-0.39, 0.29) is 17.6 Å². The third kappa shape index (κ3) is 3.03. The van der Waals surface area contributed by atoms with Crippen LogP contribution in [0.5, 0.6) is 0 Å². The molecule has 1 aliphatic carbocycles. The van der Waals surface area contributed by atoms with E-state index in [1.54, 1.807) is 0 Å². The van der Waals surface area contributed by atoms with Gasteiger partial charge in [0.15, 0.2) is 5.79 Å². The van der Waals surface area contributed by atoms with Crippen LogP contribution in [0.25, 0.3) is 0 Å². The summed E-state index contributed by atoms with van der Waals surface area (Å²) in [5.74, 6) is -0.479. The van der Waals surface area contributed by atoms with Crippen molar-refractivity contribution in [2.75, 3.05) is 13.2 Å². The first-order valence-electron chi connectivity index (χ1n) is 7.46. The monoisotopic (exact) mass is 279 g/mol. The van der Waals surface area contributed by atoms with E-state index in [0.717, 1.165) is 44.5 Å². The largest absolute Gasteiger partial charge is 0.348 e. The summed E-state index contributed by atoms with van der Waals surface area (Å²) in [4.78, 5) is 0. The minimum atomic E-state index is -0.294. The molecule has 1 aromatic rings. The normalized spacial score (nSPS) is 24.1. The van der Waals surface area contributed by atoms with Gasteiger partial charge in [0.05, 0.1) is 13.2 Å². The zero-order chi connectivity index (χ0) is 14.0. The van der Waals surface area contributed by atoms with Gasteiger partial charge in [-0.1, -0.05) is 12.1 Å². The smallest absolute Gasteiger partial charge is 0.168 e. The van der Waals surface area contributed by atoms with Gasteiger partial charge >= 0.3 is 0 Å². The summed E-state index contributed by atoms with van der Waals surface area (Å²) in [5.41, 5.74) is 1.13. The molecular formula is C16H22FNO2. The predicted molar refractivity (Wildman–Crippen MR) is 74.8 cm³/mol. The van der Waals surface area contributed by atoms with Crippen LogP contribution in [0.3, 0.4) is 0 Å². The Hall–Kier alpha value is -0.970. The minimum absolute atomic E-state index is 0.184. The molecule has 20 heavy (non-hydrogen) atoms. The second-order valence-corrected chi connectivity index (χ2v) is 5.82. The Morgan fingerprint density at radius 2 is 1.75 bits per heavy atom. The van der Waals surface area contributed by atoms with Crippen molar-refractivity contribution in [3.63, 3.8) is 0 Å². The zero-order valence-corrected chi connectivity index (χ0v) is 11.9. The van der Waals surface area contributed by atoms with Gasteiger partial charge in [-0.2, -0.15) is 0 Å². The van der Waals surface area contributed by atoms with Gasteiger partial charge in [-0.25, -0.2) is 4.39 Å². The molecule has 0 aromatic heterocycles. The van der Waals surface area contributed by atoms with Gasteiger partial charge in [0.2, 0.25) is 0 Å². The molecule has 0 bridgehead atoms. The van der Waals surface area contributed by atoms with Crippen molar-refractivity contribution in [2.45, 2.75) is 50.5 Å². The molecule has 1 aliphatic heterocycles. The SMILES string of the molecule is CC(NC1CCC2(CC1)OCCO2)c1ccc(F)cc1. The number of benzene rings is 1. The Labute approximate surface area is 119 Å². The molecule has 1 heterocycles. The highest BCUT2D eigenvalue weighted by Crippen LogP contribution is 2.36. The van der Waals surface area contributed by atoms with Crippen LogP contribution in [0.15, 0.2) is 24.3 Å². The minimum Gasteiger partial charge on any atom is -0.348 e. The zero-order valence-electron chi connectivity index (χ0n) is 11.9. The average Bonchev–Trinajstić information content (AvgIpc) is 2.91. The number of halogens is 1. The van der Waals surface area contributed by atoms with Crippen molar-refractivity contribution in [3.8, 4) is 0 Å². The molecule has 1 unspecified atom stereocenters. The number of nitrogens with one attached hydrogen (secondary N) is 1. The molecule has 3 nitrogen and oxygen atoms in total. The van der Waals surface area contributed by atoms with Crippen LogP contribution in [-0.4, -0.2) is 25.0 Å². The first-order valence-corrected chi connectivity index (χ1v) is 7.46. The summed E-state index contributed by atoms with van der Waals surface area (Å²) in [6.07, 6.45) is 4.04. The Kier molecular flexibility index (Phi) is 4.06. The van der Waals surface area contributed by atoms with E-state index in [4.69, 9.17) is 9.47 Å². The van der Waals surface area contributed by atoms with E-state index in [9.17, 15) is 4.39 Å². The molecule has 110 valence electrons. The van der Waals surface area contributed by atoms with Crippen LogP contribution in [0.1, 0.15) is 44.2 Å². The summed E-state index contributed by atoms with van der Waals surface area (Å²) < 4.78 is 24.4. The highest BCUT2D eigenvalue weighted by molar-refractivity contribution is 5.19. The second-order valence-electron chi connectivity index (χ2n) is 5.82. The third-order valence-electron chi connectivity index (χ3n) is 4.42. The van der Waals surface area contributed by atoms with E-state index in [0.29, 0.717) is 6.04 Å². The second kappa shape index (κ2) is 5.80. The lowest BCUT2D eigenvalue weighted by Crippen LogP contribution is -2.42. The summed E-state index contributed by atoms with van der Waals surface area (Å²) in [6.45, 7) is 3.58. The fraction of sp³-hybridized carbons (Fsp3) is 0.625. The Morgan fingerprint density at radius 3 is 2.35 bits per heavy atom. The third-order valence-corrected chi connectivity index (χ3v) is 4.42. The molecule has 4 heteroatoms. The summed E-state index contributed by atoms with van der Waals surface area (Å²) in [5, 5.41) is 3.63. The maximum Gasteiger partial charge on any atom is 0.168 e. The van der Waals surface area contributed by atoms with Crippen LogP contribution < -0.4 is 5.32 Å². The topological polar surface area (TPSA) is 30.5 Å². The van der Waals surface area contributed by atoms with Gasteiger partial charge in [0.1, 0.15) is 5.82 Å². The van der Waals surface area contributed by atoms with Gasteiger partial charge in [0, 0.05) is 24.9 Å². The standard InChI is InChI=1S/C16H22FNO2/c1-12(13-2-4-14(17)5-3-13)18-15-6-8-16(9-7-15)19-10-11-20-16/h2-5,12,15,18H,6-11H2,1H3. The number of hydrogen-bond acceptors (Lipinski definition) is 3. The first-order chi connectivity index (χ1) is 9.67. The van der Waals surface area contributed by atoms with E-state index in [1.165, 1.54) is 12.1 Å². The first kappa shape index (κ1) is 14.0. The fourth-order valence-electron chi connectivity index (χ4n) is 3.21. The molecule has 1 N–H and O–H groups in total. The van der Waals surface area contributed by atoms with Gasteiger partial charge in [-0.3, -0.25) is 0 Å². The summed E-state index contributed by atoms with van der Waals surface area (Å²) in [7, 11) is 0. The highest BCUT2D eigenvalue weighted by atomic mass is 19.1. The molecule has 1 spiro atoms. The molecular weight excluding hydrogens is 257 g/mol. The maximum atomic E-state index is 12.9. The van der Waals surface area contributed by atoms with Gasteiger partial charge in [-0.05, 0) is 37.5 Å². The van der Waals surface area contributed by atoms with Crippen molar-refractivity contribution in [3.05, 3.63) is 35.6 Å². The quantitative estimate of drug-likeness (QED) is 0.922. The number of hydrogen-bond donors (Lipinski definition) is 1. The molecule has 0 amide bonds. The van der Waals surface area contributed by atoms with Gasteiger partial charge < -0.3 is 14.8 Å². The van der Waals surface area contributed by atoms with E-state index in [2.05, 4.69) is 12.2 Å². The maximum absolute atomic E-state index is 12.9. The Morgan fingerprint density at radius 1 is 1.15 bits per heavy atom. The Balaban J connectivity index is 1.52. The lowest BCUT2D eigenvalue weighted by Gasteiger charge is -2.36. The van der Waals surface area contributed by atoms with Crippen molar-refractivity contribution in [1.82, 2.24) is 5.32 Å². The molecule has 1 atom stereocenters. The molecule has 2 aliphatic rings. The van der Waals surface area contributed by atoms with Gasteiger partial charge in [0.25, 0.3) is 0 Å². The van der Waals surface area contributed by atoms with Crippen molar-refractivity contribution in [2.24, 2.45) is 0 Å². The van der Waals surface area contributed by atoms with E-state index < -0.39 is 0 Å². The molecule has 1 aromatic carbocycles. The van der Waals surface area contributed by atoms with Crippen molar-refractivity contribution in [1.29, 1.82) is 0 Å². The van der Waals surface area contributed by atoms with Crippen LogP contribution in [-0.2, 0) is 9.47 Å². The predicted octanol–water partition coefficient (Wildman–Crippen LogP) is 3.16. The van der Waals surface area contributed by atoms with Crippen LogP contribution in [0, 0.1) is 5.82 Å². The number of rotatable bonds is 3. The van der Waals surface area contributed by atoms with Gasteiger partial charge in [-0.15, -0.1) is 0 Å². The van der Waals surface area contributed by atoms with Crippen molar-refractivity contribution < 1.29 is 13.9 Å². The lowest BCUT2D eigenvalue weighted by atomic mass is 9.89. The molecule has 2 fully saturated rings. The lowest BCUT2D eigenvalue weighted by molar-refractivity contribution is -0.179. The molecule has 3 rings (SSSR count). The fourth-order valence-corrected chi connectivity index (χ4v) is 3.21. The van der Waals surface area contributed by atoms with E-state index >= 15 is 0 Å². The molecule has 1 saturated carbocycles. The Bertz CT molecular complexity index is 432. The van der Waals surface area contributed by atoms with Crippen LogP contribution in [0.2, 0.25) is 0 Å².